The highest BCUT2D eigenvalue weighted by Gasteiger charge is 2.40. The van der Waals surface area contributed by atoms with E-state index in [1.165, 1.54) is 12.1 Å². The number of anilines is 1. The zero-order valence-electron chi connectivity index (χ0n) is 17.7. The van der Waals surface area contributed by atoms with Gasteiger partial charge in [-0.25, -0.2) is 18.1 Å². The number of nitrogens with zero attached hydrogens (tertiary/aromatic N) is 6. The number of β-amino-alcohol motifs (C(OH)–C–C–N with tert-alkyl or cyclic N) is 1. The number of rotatable bonds is 6. The van der Waals surface area contributed by atoms with Gasteiger partial charge < -0.3 is 14.7 Å². The van der Waals surface area contributed by atoms with Gasteiger partial charge in [-0.2, -0.15) is 10.2 Å². The molecule has 13 heteroatoms. The van der Waals surface area contributed by atoms with Crippen LogP contribution in [0.1, 0.15) is 6.92 Å². The fraction of sp³-hybridized carbons (Fsp3) is 0.286. The Morgan fingerprint density at radius 1 is 1.32 bits per heavy atom. The molecule has 1 aromatic carbocycles. The molecule has 0 aliphatic carbocycles. The molecule has 0 atom stereocenters. The molecule has 1 aliphatic heterocycles. The van der Waals surface area contributed by atoms with Gasteiger partial charge in [-0.3, -0.25) is 14.3 Å². The molecule has 3 heterocycles. The van der Waals surface area contributed by atoms with Crippen LogP contribution in [0, 0.1) is 17.1 Å². The summed E-state index contributed by atoms with van der Waals surface area (Å²) in [5.41, 5.74) is -2.77. The molecule has 0 amide bonds. The van der Waals surface area contributed by atoms with Gasteiger partial charge in [0.2, 0.25) is 12.7 Å². The first-order valence-electron chi connectivity index (χ1n) is 9.87. The Kier molecular flexibility index (Phi) is 6.07. The summed E-state index contributed by atoms with van der Waals surface area (Å²) in [5.74, 6) is -1.20. The second kappa shape index (κ2) is 8.85. The molecule has 0 radical (unpaired) electrons. The molecular weight excluding hydrogens is 474 g/mol. The van der Waals surface area contributed by atoms with Crippen molar-refractivity contribution in [2.24, 2.45) is 0 Å². The second-order valence-corrected chi connectivity index (χ2v) is 8.22. The second-order valence-electron chi connectivity index (χ2n) is 7.82. The molecule has 34 heavy (non-hydrogen) atoms. The number of benzene rings is 1. The average molecular weight is 491 g/mol. The van der Waals surface area contributed by atoms with E-state index in [0.29, 0.717) is 4.57 Å². The number of halogens is 3. The van der Waals surface area contributed by atoms with Crippen molar-refractivity contribution in [3.63, 3.8) is 0 Å². The number of alkyl halides is 1. The zero-order valence-corrected chi connectivity index (χ0v) is 18.5. The molecule has 1 N–H and O–H groups in total. The maximum absolute atomic E-state index is 13.9. The van der Waals surface area contributed by atoms with Gasteiger partial charge >= 0.3 is 5.69 Å². The maximum atomic E-state index is 13.9. The van der Waals surface area contributed by atoms with Crippen LogP contribution < -0.4 is 20.9 Å². The number of ether oxygens (including phenoxy) is 1. The first kappa shape index (κ1) is 23.3. The van der Waals surface area contributed by atoms with Crippen LogP contribution in [0.2, 0.25) is 5.02 Å². The summed E-state index contributed by atoms with van der Waals surface area (Å²) >= 11 is 5.95. The van der Waals surface area contributed by atoms with Crippen LogP contribution in [-0.2, 0) is 6.54 Å². The lowest BCUT2D eigenvalue weighted by Crippen LogP contribution is -2.62. The molecule has 1 fully saturated rings. The Labute approximate surface area is 195 Å². The standard InChI is InChI=1S/C21H17ClF2N6O4/c1-21(33)9-28(10-21)18-17(12-2-3-14(24)13(22)6-12)19(31)30(20(32)29(18)5-4-25)15-7-26-8-16(27-15)34-11-23/h2-3,6-8,33H,5,9-11H2,1H3. The molecule has 1 aliphatic rings. The van der Waals surface area contributed by atoms with E-state index in [1.807, 2.05) is 6.07 Å². The van der Waals surface area contributed by atoms with Crippen molar-refractivity contribution >= 4 is 17.4 Å². The van der Waals surface area contributed by atoms with E-state index in [4.69, 9.17) is 11.6 Å². The van der Waals surface area contributed by atoms with E-state index < -0.39 is 36.1 Å². The summed E-state index contributed by atoms with van der Waals surface area (Å²) in [6.45, 7) is 0.0611. The van der Waals surface area contributed by atoms with Crippen molar-refractivity contribution < 1.29 is 18.6 Å². The van der Waals surface area contributed by atoms with E-state index in [0.717, 1.165) is 23.0 Å². The van der Waals surface area contributed by atoms with Gasteiger partial charge in [0, 0.05) is 13.1 Å². The van der Waals surface area contributed by atoms with Crippen LogP contribution in [0.25, 0.3) is 16.9 Å². The fourth-order valence-electron chi connectivity index (χ4n) is 3.79. The van der Waals surface area contributed by atoms with Crippen LogP contribution in [0.15, 0.2) is 40.2 Å². The Bertz CT molecular complexity index is 1420. The van der Waals surface area contributed by atoms with Crippen LogP contribution in [0.4, 0.5) is 14.6 Å². The van der Waals surface area contributed by atoms with E-state index >= 15 is 0 Å². The molecule has 0 spiro atoms. The molecule has 10 nitrogen and oxygen atoms in total. The highest BCUT2D eigenvalue weighted by molar-refractivity contribution is 6.31. The van der Waals surface area contributed by atoms with Crippen LogP contribution >= 0.6 is 11.6 Å². The van der Waals surface area contributed by atoms with Gasteiger partial charge in [-0.1, -0.05) is 17.7 Å². The number of hydrogen-bond acceptors (Lipinski definition) is 8. The third kappa shape index (κ3) is 4.11. The topological polar surface area (TPSA) is 126 Å². The minimum absolute atomic E-state index is 0.0612. The number of hydrogen-bond donors (Lipinski definition) is 1. The van der Waals surface area contributed by atoms with E-state index in [2.05, 4.69) is 14.7 Å². The lowest BCUT2D eigenvalue weighted by atomic mass is 9.95. The quantitative estimate of drug-likeness (QED) is 0.552. The van der Waals surface area contributed by atoms with Crippen LogP contribution in [0.3, 0.4) is 0 Å². The SMILES string of the molecule is CC1(O)CN(c2c(-c3ccc(F)c(Cl)c3)c(=O)n(-c3cncc(OCF)n3)c(=O)n2CC#N)C1. The van der Waals surface area contributed by atoms with Gasteiger partial charge in [0.1, 0.15) is 18.2 Å². The summed E-state index contributed by atoms with van der Waals surface area (Å²) in [5, 5.41) is 19.4. The summed E-state index contributed by atoms with van der Waals surface area (Å²) in [6, 6.07) is 5.46. The predicted molar refractivity (Wildman–Crippen MR) is 117 cm³/mol. The zero-order chi connectivity index (χ0) is 24.6. The molecule has 1 saturated heterocycles. The largest absolute Gasteiger partial charge is 0.445 e. The third-order valence-electron chi connectivity index (χ3n) is 5.15. The van der Waals surface area contributed by atoms with Crippen molar-refractivity contribution in [3.05, 3.63) is 62.3 Å². The molecule has 0 saturated carbocycles. The lowest BCUT2D eigenvalue weighted by Gasteiger charge is -2.46. The number of aromatic nitrogens is 4. The molecule has 3 aromatic rings. The molecular formula is C21H17ClF2N6O4. The Hall–Kier alpha value is -3.82. The minimum atomic E-state index is -1.21. The fourth-order valence-corrected chi connectivity index (χ4v) is 3.97. The van der Waals surface area contributed by atoms with Crippen molar-refractivity contribution in [1.82, 2.24) is 19.1 Å². The van der Waals surface area contributed by atoms with E-state index in [9.17, 15) is 28.7 Å². The predicted octanol–water partition coefficient (Wildman–Crippen LogP) is 1.65. The first-order chi connectivity index (χ1) is 16.2. The number of aliphatic hydroxyl groups is 1. The van der Waals surface area contributed by atoms with E-state index in [1.54, 1.807) is 11.8 Å². The van der Waals surface area contributed by atoms with Gasteiger partial charge in [-0.05, 0) is 24.6 Å². The summed E-state index contributed by atoms with van der Waals surface area (Å²) < 4.78 is 32.8. The monoisotopic (exact) mass is 490 g/mol. The molecule has 2 aromatic heterocycles. The maximum Gasteiger partial charge on any atom is 0.339 e. The van der Waals surface area contributed by atoms with Crippen molar-refractivity contribution in [1.29, 1.82) is 5.26 Å². The van der Waals surface area contributed by atoms with Crippen molar-refractivity contribution in [2.75, 3.05) is 24.9 Å². The minimum Gasteiger partial charge on any atom is -0.445 e. The highest BCUT2D eigenvalue weighted by Crippen LogP contribution is 2.34. The highest BCUT2D eigenvalue weighted by atomic mass is 35.5. The average Bonchev–Trinajstić information content (AvgIpc) is 2.76. The molecule has 4 rings (SSSR count). The van der Waals surface area contributed by atoms with E-state index in [-0.39, 0.29) is 46.8 Å². The molecule has 0 unspecified atom stereocenters. The summed E-state index contributed by atoms with van der Waals surface area (Å²) in [4.78, 5) is 36.4. The Morgan fingerprint density at radius 2 is 2.06 bits per heavy atom. The molecule has 176 valence electrons. The Morgan fingerprint density at radius 3 is 2.68 bits per heavy atom. The Balaban J connectivity index is 2.07. The van der Waals surface area contributed by atoms with Crippen LogP contribution in [-0.4, -0.2) is 49.8 Å². The third-order valence-corrected chi connectivity index (χ3v) is 5.44. The lowest BCUT2D eigenvalue weighted by molar-refractivity contribution is 0.0301. The summed E-state index contributed by atoms with van der Waals surface area (Å²) in [6.07, 6.45) is 2.19. The van der Waals surface area contributed by atoms with Gasteiger partial charge in [-0.15, -0.1) is 0 Å². The van der Waals surface area contributed by atoms with Gasteiger partial charge in [0.25, 0.3) is 5.56 Å². The van der Waals surface area contributed by atoms with Crippen molar-refractivity contribution in [3.8, 4) is 28.9 Å². The number of nitriles is 1. The van der Waals surface area contributed by atoms with Crippen molar-refractivity contribution in [2.45, 2.75) is 19.1 Å². The van der Waals surface area contributed by atoms with Crippen LogP contribution in [0.5, 0.6) is 5.88 Å². The molecule has 0 bridgehead atoms. The smallest absolute Gasteiger partial charge is 0.339 e. The first-order valence-corrected chi connectivity index (χ1v) is 10.3. The van der Waals surface area contributed by atoms with Gasteiger partial charge in [0.15, 0.2) is 5.82 Å². The normalized spacial score (nSPS) is 14.4. The summed E-state index contributed by atoms with van der Waals surface area (Å²) in [7, 11) is 0. The van der Waals surface area contributed by atoms with Gasteiger partial charge in [0.05, 0.1) is 34.7 Å².